The number of hydrogen-bond acceptors (Lipinski definition) is 5. The molecule has 0 radical (unpaired) electrons. The normalized spacial score (nSPS) is 18.4. The van der Waals surface area contributed by atoms with Gasteiger partial charge in [0.25, 0.3) is 0 Å². The van der Waals surface area contributed by atoms with E-state index in [-0.39, 0.29) is 5.92 Å². The highest BCUT2D eigenvalue weighted by atomic mass is 32.1. The Kier molecular flexibility index (Phi) is 7.28. The molecular weight excluding hydrogens is 643 g/mol. The maximum atomic E-state index is 6.21. The van der Waals surface area contributed by atoms with Crippen molar-refractivity contribution in [1.29, 1.82) is 0 Å². The van der Waals surface area contributed by atoms with Gasteiger partial charge in [0.05, 0.1) is 0 Å². The summed E-state index contributed by atoms with van der Waals surface area (Å²) in [6, 6.07) is 30.4. The fourth-order valence-corrected chi connectivity index (χ4v) is 9.13. The predicted molar refractivity (Wildman–Crippen MR) is 213 cm³/mol. The Hall–Kier alpha value is -5.65. The number of furan rings is 1. The van der Waals surface area contributed by atoms with Gasteiger partial charge in [-0.15, -0.1) is 11.3 Å². The van der Waals surface area contributed by atoms with Crippen LogP contribution in [0.3, 0.4) is 0 Å². The van der Waals surface area contributed by atoms with Gasteiger partial charge in [-0.1, -0.05) is 110 Å². The minimum absolute atomic E-state index is 0.289. The maximum Gasteiger partial charge on any atom is 0.164 e. The first-order chi connectivity index (χ1) is 25.2. The van der Waals surface area contributed by atoms with Gasteiger partial charge in [-0.2, -0.15) is 0 Å². The maximum absolute atomic E-state index is 6.21. The smallest absolute Gasteiger partial charge is 0.164 e. The monoisotopic (exact) mass is 677 g/mol. The van der Waals surface area contributed by atoms with E-state index in [4.69, 9.17) is 19.4 Å². The summed E-state index contributed by atoms with van der Waals surface area (Å²) in [6.07, 6.45) is 22.0. The topological polar surface area (TPSA) is 51.8 Å². The molecular formula is C46H35N3OS. The highest BCUT2D eigenvalue weighted by Gasteiger charge is 2.22. The summed E-state index contributed by atoms with van der Waals surface area (Å²) in [5.41, 5.74) is 10.1. The van der Waals surface area contributed by atoms with Gasteiger partial charge in [0.1, 0.15) is 11.2 Å². The van der Waals surface area contributed by atoms with Crippen molar-refractivity contribution in [1.82, 2.24) is 15.0 Å². The van der Waals surface area contributed by atoms with Crippen LogP contribution in [0.25, 0.3) is 71.8 Å². The van der Waals surface area contributed by atoms with Gasteiger partial charge < -0.3 is 4.42 Å². The second kappa shape index (κ2) is 12.3. The largest absolute Gasteiger partial charge is 0.456 e. The lowest BCUT2D eigenvalue weighted by Gasteiger charge is -2.18. The molecule has 0 saturated carbocycles. The second-order valence-electron chi connectivity index (χ2n) is 13.8. The van der Waals surface area contributed by atoms with Crippen molar-refractivity contribution in [3.8, 4) is 22.5 Å². The molecule has 0 fully saturated rings. The number of hydrogen-bond donors (Lipinski definition) is 0. The third kappa shape index (κ3) is 5.31. The third-order valence-electron chi connectivity index (χ3n) is 10.6. The zero-order valence-electron chi connectivity index (χ0n) is 28.3. The van der Waals surface area contributed by atoms with Crippen molar-refractivity contribution in [2.45, 2.75) is 44.4 Å². The van der Waals surface area contributed by atoms with Crippen LogP contribution in [0, 0.1) is 0 Å². The number of benzene rings is 4. The summed E-state index contributed by atoms with van der Waals surface area (Å²) in [6.45, 7) is 2.35. The van der Waals surface area contributed by atoms with Gasteiger partial charge in [-0.05, 0) is 89.6 Å². The van der Waals surface area contributed by atoms with Crippen LogP contribution in [-0.4, -0.2) is 15.0 Å². The summed E-state index contributed by atoms with van der Waals surface area (Å²) >= 11 is 1.91. The highest BCUT2D eigenvalue weighted by molar-refractivity contribution is 7.20. The number of para-hydroxylation sites is 1. The Morgan fingerprint density at radius 2 is 1.47 bits per heavy atom. The van der Waals surface area contributed by atoms with Crippen LogP contribution in [-0.2, 0) is 0 Å². The van der Waals surface area contributed by atoms with Crippen molar-refractivity contribution >= 4 is 60.6 Å². The second-order valence-corrected chi connectivity index (χ2v) is 14.9. The average Bonchev–Trinajstić information content (AvgIpc) is 3.77. The SMILES string of the molecule is CC1CC=Cc2sc3ccc(-c4ccc(C5C=CC(c6nc(C7=CCCC=C7)nc(-c7cccc8oc9ccccc9c78)n6)=CC5)cc4)cc3c21. The quantitative estimate of drug-likeness (QED) is 0.182. The van der Waals surface area contributed by atoms with Gasteiger partial charge in [0, 0.05) is 43.0 Å². The minimum Gasteiger partial charge on any atom is -0.456 e. The van der Waals surface area contributed by atoms with Crippen LogP contribution in [0.5, 0.6) is 0 Å². The lowest BCUT2D eigenvalue weighted by molar-refractivity contribution is 0.669. The van der Waals surface area contributed by atoms with E-state index in [1.165, 1.54) is 37.2 Å². The standard InChI is InChI=1S/C46H35N3OS/c1-28-9-7-16-41-42(28)37-27-34(25-26-40(37)51-41)31-19-17-29(18-20-31)30-21-23-33(24-22-30)45-47-44(32-10-3-2-4-11-32)48-46(49-45)36-13-8-15-39-43(36)35-12-5-6-14-38(35)50-39/h3,5-8,10-21,23-28,30H,2,4,9,22H2,1H3. The number of thiophene rings is 1. The zero-order valence-corrected chi connectivity index (χ0v) is 29.2. The Balaban J connectivity index is 0.961. The van der Waals surface area contributed by atoms with Gasteiger partial charge in [0.2, 0.25) is 0 Å². The summed E-state index contributed by atoms with van der Waals surface area (Å²) in [7, 11) is 0. The third-order valence-corrected chi connectivity index (χ3v) is 11.7. The molecule has 51 heavy (non-hydrogen) atoms. The molecule has 0 aliphatic heterocycles. The van der Waals surface area contributed by atoms with Gasteiger partial charge in [0.15, 0.2) is 17.5 Å². The van der Waals surface area contributed by atoms with E-state index in [9.17, 15) is 0 Å². The molecule has 3 aromatic heterocycles. The predicted octanol–water partition coefficient (Wildman–Crippen LogP) is 12.7. The van der Waals surface area contributed by atoms with E-state index in [1.54, 1.807) is 0 Å². The Labute approximate surface area is 300 Å². The van der Waals surface area contributed by atoms with E-state index in [1.807, 2.05) is 41.7 Å². The van der Waals surface area contributed by atoms with E-state index >= 15 is 0 Å². The van der Waals surface area contributed by atoms with E-state index in [0.29, 0.717) is 23.4 Å². The molecule has 3 heterocycles. The highest BCUT2D eigenvalue weighted by Crippen LogP contribution is 2.43. The summed E-state index contributed by atoms with van der Waals surface area (Å²) in [4.78, 5) is 16.6. The van der Waals surface area contributed by atoms with Crippen LogP contribution in [0.15, 0.2) is 132 Å². The van der Waals surface area contributed by atoms with E-state index < -0.39 is 0 Å². The number of rotatable bonds is 5. The van der Waals surface area contributed by atoms with Crippen LogP contribution in [0.4, 0.5) is 0 Å². The van der Waals surface area contributed by atoms with Crippen LogP contribution in [0.2, 0.25) is 0 Å². The Morgan fingerprint density at radius 1 is 0.667 bits per heavy atom. The van der Waals surface area contributed by atoms with Crippen molar-refractivity contribution in [2.75, 3.05) is 0 Å². The Bertz CT molecular complexity index is 2670. The van der Waals surface area contributed by atoms with Crippen molar-refractivity contribution < 1.29 is 4.42 Å². The number of allylic oxidation sites excluding steroid dienone is 9. The zero-order chi connectivity index (χ0) is 33.9. The molecule has 0 spiro atoms. The molecule has 2 atom stereocenters. The minimum atomic E-state index is 0.289. The van der Waals surface area contributed by atoms with Gasteiger partial charge in [-0.3, -0.25) is 0 Å². The number of nitrogens with zero attached hydrogens (tertiary/aromatic N) is 3. The van der Waals surface area contributed by atoms with Gasteiger partial charge >= 0.3 is 0 Å². The summed E-state index contributed by atoms with van der Waals surface area (Å²) < 4.78 is 7.59. The van der Waals surface area contributed by atoms with Crippen LogP contribution < -0.4 is 0 Å². The number of aromatic nitrogens is 3. The molecule has 4 aromatic carbocycles. The first-order valence-electron chi connectivity index (χ1n) is 17.9. The first kappa shape index (κ1) is 30.2. The molecule has 246 valence electrons. The molecule has 4 nitrogen and oxygen atoms in total. The molecule has 10 rings (SSSR count). The Morgan fingerprint density at radius 3 is 2.29 bits per heavy atom. The summed E-state index contributed by atoms with van der Waals surface area (Å²) in [5.74, 6) is 2.91. The molecule has 0 saturated heterocycles. The molecule has 3 aliphatic rings. The lowest BCUT2D eigenvalue weighted by atomic mass is 9.88. The number of fused-ring (bicyclic) bond motifs is 6. The fraction of sp³-hybridized carbons (Fsp3) is 0.152. The van der Waals surface area contributed by atoms with Crippen LogP contribution >= 0.6 is 11.3 Å². The molecule has 3 aliphatic carbocycles. The van der Waals surface area contributed by atoms with Gasteiger partial charge in [-0.25, -0.2) is 15.0 Å². The average molecular weight is 678 g/mol. The molecule has 5 heteroatoms. The summed E-state index contributed by atoms with van der Waals surface area (Å²) in [5, 5.41) is 3.51. The van der Waals surface area contributed by atoms with E-state index in [2.05, 4.69) is 110 Å². The molecule has 7 aromatic rings. The molecule has 2 unspecified atom stereocenters. The van der Waals surface area contributed by atoms with Crippen LogP contribution in [0.1, 0.15) is 72.1 Å². The van der Waals surface area contributed by atoms with Crippen molar-refractivity contribution in [3.63, 3.8) is 0 Å². The lowest BCUT2D eigenvalue weighted by Crippen LogP contribution is -2.07. The van der Waals surface area contributed by atoms with E-state index in [0.717, 1.165) is 64.3 Å². The molecule has 0 N–H and O–H groups in total. The first-order valence-corrected chi connectivity index (χ1v) is 18.7. The van der Waals surface area contributed by atoms with Crippen molar-refractivity contribution in [3.05, 3.63) is 155 Å². The fourth-order valence-electron chi connectivity index (χ4n) is 7.90. The van der Waals surface area contributed by atoms with Crippen molar-refractivity contribution in [2.24, 2.45) is 0 Å². The molecule has 0 amide bonds. The molecule has 0 bridgehead atoms.